The van der Waals surface area contributed by atoms with Gasteiger partial charge in [-0.1, -0.05) is 18.2 Å². The second-order valence-electron chi connectivity index (χ2n) is 8.02. The van der Waals surface area contributed by atoms with E-state index in [0.29, 0.717) is 6.04 Å². The minimum absolute atomic E-state index is 0. The Balaban J connectivity index is 0.00000300. The highest BCUT2D eigenvalue weighted by atomic mass is 127. The zero-order chi connectivity index (χ0) is 19.6. The summed E-state index contributed by atoms with van der Waals surface area (Å²) in [6, 6.07) is 11.2. The van der Waals surface area contributed by atoms with E-state index < -0.39 is 0 Å². The lowest BCUT2D eigenvalue weighted by Crippen LogP contribution is -2.44. The van der Waals surface area contributed by atoms with Crippen molar-refractivity contribution in [3.63, 3.8) is 0 Å². The van der Waals surface area contributed by atoms with Crippen LogP contribution in [0.4, 0.5) is 5.69 Å². The second-order valence-corrected chi connectivity index (χ2v) is 8.02. The fourth-order valence-corrected chi connectivity index (χ4v) is 4.07. The Morgan fingerprint density at radius 1 is 1.10 bits per heavy atom. The molecule has 2 heterocycles. The van der Waals surface area contributed by atoms with Crippen LogP contribution >= 0.6 is 24.0 Å². The standard InChI is InChI=1S/C22H38N6.HI/c1-3-23-22(24-12-7-14-27-15-8-13-26(2)17-18-27)25-20-11-16-28(19-20)21-9-5-4-6-10-21;/h4-6,9-10,20H,3,7-8,11-19H2,1-2H3,(H2,23,24,25);1H. The lowest BCUT2D eigenvalue weighted by atomic mass is 10.2. The van der Waals surface area contributed by atoms with E-state index in [4.69, 9.17) is 4.99 Å². The molecule has 2 fully saturated rings. The van der Waals surface area contributed by atoms with Crippen LogP contribution in [0.1, 0.15) is 26.2 Å². The summed E-state index contributed by atoms with van der Waals surface area (Å²) >= 11 is 0. The maximum atomic E-state index is 4.84. The summed E-state index contributed by atoms with van der Waals surface area (Å²) in [4.78, 5) is 12.3. The number of hydrogen-bond donors (Lipinski definition) is 2. The van der Waals surface area contributed by atoms with Crippen LogP contribution in [0.5, 0.6) is 0 Å². The molecule has 0 bridgehead atoms. The Morgan fingerprint density at radius 2 is 1.93 bits per heavy atom. The maximum absolute atomic E-state index is 4.84. The fourth-order valence-electron chi connectivity index (χ4n) is 4.07. The van der Waals surface area contributed by atoms with Gasteiger partial charge in [0.2, 0.25) is 0 Å². The van der Waals surface area contributed by atoms with Crippen molar-refractivity contribution in [3.05, 3.63) is 30.3 Å². The van der Waals surface area contributed by atoms with Gasteiger partial charge in [0.1, 0.15) is 0 Å². The lowest BCUT2D eigenvalue weighted by molar-refractivity contribution is 0.275. The molecular formula is C22H39IN6. The first kappa shape index (κ1) is 24.2. The van der Waals surface area contributed by atoms with Gasteiger partial charge in [0.25, 0.3) is 0 Å². The van der Waals surface area contributed by atoms with E-state index in [1.54, 1.807) is 0 Å². The minimum Gasteiger partial charge on any atom is -0.369 e. The van der Waals surface area contributed by atoms with Gasteiger partial charge < -0.3 is 25.3 Å². The number of rotatable bonds is 7. The van der Waals surface area contributed by atoms with Gasteiger partial charge in [0.15, 0.2) is 5.96 Å². The van der Waals surface area contributed by atoms with E-state index >= 15 is 0 Å². The molecule has 0 amide bonds. The third-order valence-corrected chi connectivity index (χ3v) is 5.71. The van der Waals surface area contributed by atoms with Gasteiger partial charge >= 0.3 is 0 Å². The highest BCUT2D eigenvalue weighted by Crippen LogP contribution is 2.19. The van der Waals surface area contributed by atoms with Crippen molar-refractivity contribution in [3.8, 4) is 0 Å². The predicted octanol–water partition coefficient (Wildman–Crippen LogP) is 2.47. The molecule has 3 rings (SSSR count). The van der Waals surface area contributed by atoms with Crippen molar-refractivity contribution in [2.24, 2.45) is 4.99 Å². The van der Waals surface area contributed by atoms with Crippen molar-refractivity contribution >= 4 is 35.6 Å². The molecule has 6 nitrogen and oxygen atoms in total. The first-order valence-electron chi connectivity index (χ1n) is 11.0. The fraction of sp³-hybridized carbons (Fsp3) is 0.682. The molecule has 29 heavy (non-hydrogen) atoms. The highest BCUT2D eigenvalue weighted by Gasteiger charge is 2.23. The van der Waals surface area contributed by atoms with Gasteiger partial charge in [-0.25, -0.2) is 0 Å². The molecule has 2 aliphatic heterocycles. The summed E-state index contributed by atoms with van der Waals surface area (Å²) in [6.45, 7) is 12.0. The van der Waals surface area contributed by atoms with Gasteiger partial charge in [-0.05, 0) is 65.0 Å². The Kier molecular flexibility index (Phi) is 11.1. The summed E-state index contributed by atoms with van der Waals surface area (Å²) < 4.78 is 0. The van der Waals surface area contributed by atoms with Gasteiger partial charge in [-0.3, -0.25) is 4.99 Å². The number of hydrogen-bond acceptors (Lipinski definition) is 4. The van der Waals surface area contributed by atoms with E-state index in [2.05, 4.69) is 69.6 Å². The zero-order valence-electron chi connectivity index (χ0n) is 18.1. The summed E-state index contributed by atoms with van der Waals surface area (Å²) in [6.07, 6.45) is 3.56. The first-order valence-corrected chi connectivity index (χ1v) is 11.0. The van der Waals surface area contributed by atoms with Crippen molar-refractivity contribution < 1.29 is 0 Å². The molecule has 1 aromatic carbocycles. The third kappa shape index (κ3) is 8.30. The monoisotopic (exact) mass is 514 g/mol. The number of nitrogens with zero attached hydrogens (tertiary/aromatic N) is 4. The molecule has 1 aromatic rings. The van der Waals surface area contributed by atoms with Crippen LogP contribution in [0, 0.1) is 0 Å². The number of benzene rings is 1. The van der Waals surface area contributed by atoms with Crippen LogP contribution < -0.4 is 15.5 Å². The number of para-hydroxylation sites is 1. The Labute approximate surface area is 194 Å². The Hall–Kier alpha value is -1.06. The normalized spacial score (nSPS) is 21.5. The van der Waals surface area contributed by atoms with Crippen molar-refractivity contribution in [1.82, 2.24) is 20.4 Å². The Morgan fingerprint density at radius 3 is 2.72 bits per heavy atom. The van der Waals surface area contributed by atoms with E-state index in [-0.39, 0.29) is 24.0 Å². The third-order valence-electron chi connectivity index (χ3n) is 5.71. The minimum atomic E-state index is 0. The highest BCUT2D eigenvalue weighted by molar-refractivity contribution is 14.0. The van der Waals surface area contributed by atoms with Crippen molar-refractivity contribution in [1.29, 1.82) is 0 Å². The zero-order valence-corrected chi connectivity index (χ0v) is 20.5. The van der Waals surface area contributed by atoms with Crippen molar-refractivity contribution in [2.45, 2.75) is 32.2 Å². The molecule has 2 N–H and O–H groups in total. The molecule has 0 radical (unpaired) electrons. The summed E-state index contributed by atoms with van der Waals surface area (Å²) in [5, 5.41) is 7.07. The number of likely N-dealkylation sites (N-methyl/N-ethyl adjacent to an activating group) is 1. The van der Waals surface area contributed by atoms with Gasteiger partial charge in [-0.15, -0.1) is 24.0 Å². The molecule has 0 spiro atoms. The summed E-state index contributed by atoms with van der Waals surface area (Å²) in [5.74, 6) is 0.970. The lowest BCUT2D eigenvalue weighted by Gasteiger charge is -2.21. The van der Waals surface area contributed by atoms with Gasteiger partial charge in [0, 0.05) is 51.0 Å². The van der Waals surface area contributed by atoms with E-state index in [9.17, 15) is 0 Å². The van der Waals surface area contributed by atoms with Crippen molar-refractivity contribution in [2.75, 3.05) is 70.9 Å². The quantitative estimate of drug-likeness (QED) is 0.254. The average molecular weight is 515 g/mol. The molecule has 1 unspecified atom stereocenters. The smallest absolute Gasteiger partial charge is 0.191 e. The van der Waals surface area contributed by atoms with Crippen LogP contribution in [0.2, 0.25) is 0 Å². The van der Waals surface area contributed by atoms with Crippen LogP contribution in [-0.4, -0.2) is 87.8 Å². The van der Waals surface area contributed by atoms with Crippen LogP contribution in [0.25, 0.3) is 0 Å². The molecular weight excluding hydrogens is 475 g/mol. The van der Waals surface area contributed by atoms with E-state index in [1.807, 2.05) is 0 Å². The summed E-state index contributed by atoms with van der Waals surface area (Å²) in [7, 11) is 2.23. The average Bonchev–Trinajstić information content (AvgIpc) is 3.08. The number of halogens is 1. The second kappa shape index (κ2) is 13.3. The molecule has 0 aliphatic carbocycles. The Bertz CT molecular complexity index is 596. The van der Waals surface area contributed by atoms with Crippen LogP contribution in [0.15, 0.2) is 35.3 Å². The first-order chi connectivity index (χ1) is 13.7. The molecule has 7 heteroatoms. The van der Waals surface area contributed by atoms with Gasteiger partial charge in [0.05, 0.1) is 0 Å². The SMILES string of the molecule is CCNC(=NCCCN1CCCN(C)CC1)NC1CCN(c2ccccc2)C1.I. The van der Waals surface area contributed by atoms with Crippen LogP contribution in [-0.2, 0) is 0 Å². The number of anilines is 1. The molecule has 2 aliphatic rings. The number of guanidine groups is 1. The van der Waals surface area contributed by atoms with Crippen LogP contribution in [0.3, 0.4) is 0 Å². The topological polar surface area (TPSA) is 46.1 Å². The van der Waals surface area contributed by atoms with E-state index in [0.717, 1.165) is 51.5 Å². The largest absolute Gasteiger partial charge is 0.369 e. The van der Waals surface area contributed by atoms with E-state index in [1.165, 1.54) is 38.3 Å². The number of aliphatic imine (C=N–C) groups is 1. The predicted molar refractivity (Wildman–Crippen MR) is 135 cm³/mol. The summed E-state index contributed by atoms with van der Waals surface area (Å²) in [5.41, 5.74) is 1.32. The maximum Gasteiger partial charge on any atom is 0.191 e. The molecule has 0 aromatic heterocycles. The molecule has 1 atom stereocenters. The molecule has 164 valence electrons. The molecule has 2 saturated heterocycles. The number of nitrogens with one attached hydrogen (secondary N) is 2. The molecule has 0 saturated carbocycles. The van der Waals surface area contributed by atoms with Gasteiger partial charge in [-0.2, -0.15) is 0 Å².